The van der Waals surface area contributed by atoms with Crippen LogP contribution in [0.15, 0.2) is 0 Å². The molecule has 0 aromatic carbocycles. The summed E-state index contributed by atoms with van der Waals surface area (Å²) in [6.45, 7) is 6.72. The molecule has 0 N–H and O–H groups in total. The zero-order valence-electron chi connectivity index (χ0n) is 14.8. The van der Waals surface area contributed by atoms with Crippen molar-refractivity contribution in [2.75, 3.05) is 60.0 Å². The second kappa shape index (κ2) is 19.4. The molecule has 0 amide bonds. The predicted molar refractivity (Wildman–Crippen MR) is 88.7 cm³/mol. The van der Waals surface area contributed by atoms with E-state index < -0.39 is 0 Å². The summed E-state index contributed by atoms with van der Waals surface area (Å²) in [5.41, 5.74) is 0. The van der Waals surface area contributed by atoms with E-state index in [9.17, 15) is 4.79 Å². The number of methoxy groups -OCH3 is 1. The van der Waals surface area contributed by atoms with Crippen LogP contribution in [0.5, 0.6) is 0 Å². The Morgan fingerprint density at radius 1 is 0.652 bits per heavy atom. The van der Waals surface area contributed by atoms with Crippen LogP contribution in [0, 0.1) is 0 Å². The molecule has 0 aliphatic heterocycles. The van der Waals surface area contributed by atoms with E-state index in [0.29, 0.717) is 46.2 Å². The molecule has 0 radical (unpaired) electrons. The molecule has 0 saturated carbocycles. The van der Waals surface area contributed by atoms with Crippen LogP contribution in [-0.4, -0.2) is 65.9 Å². The Hall–Kier alpha value is -0.690. The van der Waals surface area contributed by atoms with E-state index in [-0.39, 0.29) is 12.4 Å². The van der Waals surface area contributed by atoms with E-state index in [2.05, 4.69) is 11.7 Å². The molecule has 6 nitrogen and oxygen atoms in total. The molecule has 0 saturated heterocycles. The molecule has 0 aromatic heterocycles. The molecular formula is C17H34O6. The first-order valence-corrected chi connectivity index (χ1v) is 8.69. The molecular weight excluding hydrogens is 300 g/mol. The molecule has 0 aromatic rings. The molecule has 0 aliphatic carbocycles. The maximum Gasteiger partial charge on any atom is 0.307 e. The standard InChI is InChI=1S/C17H34O6/c1-3-4-5-6-7-9-20-11-13-22-15-16-23-14-12-21-10-8-17(18)19-2/h3-16H2,1-2H3. The Balaban J connectivity index is 2.99. The molecule has 6 heteroatoms. The fourth-order valence-corrected chi connectivity index (χ4v) is 1.83. The van der Waals surface area contributed by atoms with Crippen molar-refractivity contribution in [2.45, 2.75) is 45.4 Å². The van der Waals surface area contributed by atoms with Crippen LogP contribution in [0.3, 0.4) is 0 Å². The van der Waals surface area contributed by atoms with Crippen molar-refractivity contribution in [1.82, 2.24) is 0 Å². The van der Waals surface area contributed by atoms with Gasteiger partial charge in [0, 0.05) is 6.61 Å². The Kier molecular flexibility index (Phi) is 18.8. The van der Waals surface area contributed by atoms with Gasteiger partial charge in [0.2, 0.25) is 0 Å². The van der Waals surface area contributed by atoms with Crippen molar-refractivity contribution < 1.29 is 28.5 Å². The van der Waals surface area contributed by atoms with Gasteiger partial charge in [-0.1, -0.05) is 32.6 Å². The molecule has 0 heterocycles. The topological polar surface area (TPSA) is 63.2 Å². The minimum absolute atomic E-state index is 0.262. The van der Waals surface area contributed by atoms with Crippen molar-refractivity contribution >= 4 is 5.97 Å². The van der Waals surface area contributed by atoms with Crippen molar-refractivity contribution in [3.63, 3.8) is 0 Å². The van der Waals surface area contributed by atoms with Crippen LogP contribution in [0.2, 0.25) is 0 Å². The second-order valence-corrected chi connectivity index (χ2v) is 5.19. The van der Waals surface area contributed by atoms with Crippen molar-refractivity contribution in [3.8, 4) is 0 Å². The summed E-state index contributed by atoms with van der Waals surface area (Å²) in [4.78, 5) is 10.8. The number of carbonyl (C=O) groups excluding carboxylic acids is 1. The van der Waals surface area contributed by atoms with E-state index in [4.69, 9.17) is 18.9 Å². The first-order chi connectivity index (χ1) is 11.3. The summed E-state index contributed by atoms with van der Waals surface area (Å²) >= 11 is 0. The zero-order chi connectivity index (χ0) is 17.0. The maximum atomic E-state index is 10.8. The Morgan fingerprint density at radius 3 is 1.65 bits per heavy atom. The number of hydrogen-bond donors (Lipinski definition) is 0. The fourth-order valence-electron chi connectivity index (χ4n) is 1.83. The smallest absolute Gasteiger partial charge is 0.307 e. The van der Waals surface area contributed by atoms with Crippen LogP contribution in [0.25, 0.3) is 0 Å². The first-order valence-electron chi connectivity index (χ1n) is 8.69. The Bertz CT molecular complexity index is 247. The van der Waals surface area contributed by atoms with Crippen LogP contribution in [0.1, 0.15) is 45.4 Å². The third kappa shape index (κ3) is 19.3. The van der Waals surface area contributed by atoms with Gasteiger partial charge >= 0.3 is 5.97 Å². The van der Waals surface area contributed by atoms with E-state index in [1.54, 1.807) is 0 Å². The summed E-state index contributed by atoms with van der Waals surface area (Å²) < 4.78 is 26.0. The third-order valence-corrected chi connectivity index (χ3v) is 3.19. The highest BCUT2D eigenvalue weighted by Crippen LogP contribution is 2.02. The highest BCUT2D eigenvalue weighted by atomic mass is 16.6. The average molecular weight is 334 g/mol. The lowest BCUT2D eigenvalue weighted by molar-refractivity contribution is -0.141. The lowest BCUT2D eigenvalue weighted by atomic mass is 10.2. The molecule has 23 heavy (non-hydrogen) atoms. The molecule has 0 spiro atoms. The average Bonchev–Trinajstić information content (AvgIpc) is 2.57. The van der Waals surface area contributed by atoms with Gasteiger partial charge in [-0.25, -0.2) is 0 Å². The first kappa shape index (κ1) is 22.3. The van der Waals surface area contributed by atoms with Crippen molar-refractivity contribution in [1.29, 1.82) is 0 Å². The van der Waals surface area contributed by atoms with E-state index in [0.717, 1.165) is 13.0 Å². The van der Waals surface area contributed by atoms with E-state index in [1.165, 1.54) is 32.8 Å². The Morgan fingerprint density at radius 2 is 1.13 bits per heavy atom. The van der Waals surface area contributed by atoms with Crippen LogP contribution < -0.4 is 0 Å². The summed E-state index contributed by atoms with van der Waals surface area (Å²) in [5, 5.41) is 0. The van der Waals surface area contributed by atoms with Gasteiger partial charge in [0.1, 0.15) is 0 Å². The summed E-state index contributed by atoms with van der Waals surface area (Å²) in [5.74, 6) is -0.262. The van der Waals surface area contributed by atoms with Gasteiger partial charge in [-0.05, 0) is 6.42 Å². The van der Waals surface area contributed by atoms with E-state index >= 15 is 0 Å². The summed E-state index contributed by atoms with van der Waals surface area (Å²) in [6.07, 6.45) is 6.57. The minimum atomic E-state index is -0.262. The second-order valence-electron chi connectivity index (χ2n) is 5.19. The van der Waals surface area contributed by atoms with Gasteiger partial charge in [0.15, 0.2) is 0 Å². The largest absolute Gasteiger partial charge is 0.469 e. The van der Waals surface area contributed by atoms with Gasteiger partial charge in [0.25, 0.3) is 0 Å². The van der Waals surface area contributed by atoms with Crippen LogP contribution >= 0.6 is 0 Å². The van der Waals surface area contributed by atoms with Gasteiger partial charge in [0.05, 0.1) is 59.8 Å². The minimum Gasteiger partial charge on any atom is -0.469 e. The third-order valence-electron chi connectivity index (χ3n) is 3.19. The van der Waals surface area contributed by atoms with Crippen LogP contribution in [0.4, 0.5) is 0 Å². The van der Waals surface area contributed by atoms with Gasteiger partial charge < -0.3 is 23.7 Å². The summed E-state index contributed by atoms with van der Waals surface area (Å²) in [7, 11) is 1.37. The molecule has 0 atom stereocenters. The zero-order valence-corrected chi connectivity index (χ0v) is 14.8. The number of unbranched alkanes of at least 4 members (excludes halogenated alkanes) is 4. The molecule has 0 fully saturated rings. The molecule has 0 unspecified atom stereocenters. The van der Waals surface area contributed by atoms with Gasteiger partial charge in [-0.15, -0.1) is 0 Å². The Labute approximate surface area is 140 Å². The van der Waals surface area contributed by atoms with E-state index in [1.807, 2.05) is 0 Å². The summed E-state index contributed by atoms with van der Waals surface area (Å²) in [6, 6.07) is 0. The normalized spacial score (nSPS) is 10.9. The number of esters is 1. The lowest BCUT2D eigenvalue weighted by Crippen LogP contribution is -2.13. The molecule has 0 aliphatic rings. The highest BCUT2D eigenvalue weighted by molar-refractivity contribution is 5.69. The fraction of sp³-hybridized carbons (Fsp3) is 0.941. The predicted octanol–water partition coefficient (Wildman–Crippen LogP) is 2.59. The lowest BCUT2D eigenvalue weighted by Gasteiger charge is -2.07. The van der Waals surface area contributed by atoms with Gasteiger partial charge in [-0.3, -0.25) is 4.79 Å². The van der Waals surface area contributed by atoms with Crippen LogP contribution in [-0.2, 0) is 28.5 Å². The SMILES string of the molecule is CCCCCCCOCCOCCOCCOCCC(=O)OC. The highest BCUT2D eigenvalue weighted by Gasteiger charge is 1.99. The molecule has 0 bridgehead atoms. The number of carbonyl (C=O) groups is 1. The molecule has 138 valence electrons. The van der Waals surface area contributed by atoms with Gasteiger partial charge in [-0.2, -0.15) is 0 Å². The quantitative estimate of drug-likeness (QED) is 0.284. The number of rotatable bonds is 18. The number of ether oxygens (including phenoxy) is 5. The van der Waals surface area contributed by atoms with Crippen molar-refractivity contribution in [3.05, 3.63) is 0 Å². The monoisotopic (exact) mass is 334 g/mol. The number of hydrogen-bond acceptors (Lipinski definition) is 6. The van der Waals surface area contributed by atoms with Crippen molar-refractivity contribution in [2.24, 2.45) is 0 Å². The maximum absolute atomic E-state index is 10.8. The molecule has 0 rings (SSSR count).